The van der Waals surface area contributed by atoms with E-state index in [9.17, 15) is 0 Å². The largest absolute Gasteiger partial charge is 0.379 e. The molecule has 0 amide bonds. The van der Waals surface area contributed by atoms with Gasteiger partial charge in [0.15, 0.2) is 5.96 Å². The number of aliphatic imine (C=N–C) groups is 1. The summed E-state index contributed by atoms with van der Waals surface area (Å²) in [6.45, 7) is 8.04. The van der Waals surface area contributed by atoms with Gasteiger partial charge in [-0.2, -0.15) is 0 Å². The molecule has 1 atom stereocenters. The Bertz CT molecular complexity index is 699. The summed E-state index contributed by atoms with van der Waals surface area (Å²) in [5.41, 5.74) is 2.65. The predicted octanol–water partition coefficient (Wildman–Crippen LogP) is 2.86. The van der Waals surface area contributed by atoms with Crippen LogP contribution in [0.25, 0.3) is 0 Å². The van der Waals surface area contributed by atoms with E-state index in [4.69, 9.17) is 9.73 Å². The first kappa shape index (κ1) is 20.4. The molecule has 0 aromatic heterocycles. The van der Waals surface area contributed by atoms with E-state index < -0.39 is 0 Å². The Morgan fingerprint density at radius 2 is 1.68 bits per heavy atom. The standard InChI is InChI=1S/C23H32N4O/c1-2-24-23(25-14-13-20-9-5-3-6-10-20)26-19-22(21-11-7-4-8-12-21)27-15-17-28-18-16-27/h3-12,22H,2,13-19H2,1H3,(H2,24,25,26). The minimum atomic E-state index is 0.273. The lowest BCUT2D eigenvalue weighted by Crippen LogP contribution is -2.42. The molecule has 1 fully saturated rings. The van der Waals surface area contributed by atoms with E-state index in [2.05, 4.69) is 83.1 Å². The zero-order chi connectivity index (χ0) is 19.4. The molecule has 5 nitrogen and oxygen atoms in total. The lowest BCUT2D eigenvalue weighted by atomic mass is 10.1. The lowest BCUT2D eigenvalue weighted by Gasteiger charge is -2.34. The van der Waals surface area contributed by atoms with E-state index in [-0.39, 0.29) is 6.04 Å². The molecule has 0 radical (unpaired) electrons. The van der Waals surface area contributed by atoms with Crippen LogP contribution >= 0.6 is 0 Å². The van der Waals surface area contributed by atoms with E-state index in [0.29, 0.717) is 0 Å². The van der Waals surface area contributed by atoms with Crippen molar-refractivity contribution in [2.45, 2.75) is 19.4 Å². The second kappa shape index (κ2) is 11.5. The zero-order valence-corrected chi connectivity index (χ0v) is 16.8. The normalized spacial score (nSPS) is 16.5. The molecular formula is C23H32N4O. The van der Waals surface area contributed by atoms with Gasteiger partial charge in [0.1, 0.15) is 0 Å². The molecule has 0 aliphatic carbocycles. The highest BCUT2D eigenvalue weighted by molar-refractivity contribution is 5.79. The van der Waals surface area contributed by atoms with Gasteiger partial charge in [0.25, 0.3) is 0 Å². The number of morpholine rings is 1. The van der Waals surface area contributed by atoms with Crippen LogP contribution in [0.4, 0.5) is 0 Å². The molecule has 2 aromatic carbocycles. The molecule has 1 heterocycles. The summed E-state index contributed by atoms with van der Waals surface area (Å²) in [6.07, 6.45) is 0.983. The highest BCUT2D eigenvalue weighted by Crippen LogP contribution is 2.22. The van der Waals surface area contributed by atoms with Crippen LogP contribution in [0.5, 0.6) is 0 Å². The van der Waals surface area contributed by atoms with Gasteiger partial charge in [-0.1, -0.05) is 60.7 Å². The number of nitrogens with one attached hydrogen (secondary N) is 2. The summed E-state index contributed by atoms with van der Waals surface area (Å²) in [6, 6.07) is 21.5. The molecule has 2 aromatic rings. The van der Waals surface area contributed by atoms with Crippen LogP contribution in [0.1, 0.15) is 24.1 Å². The van der Waals surface area contributed by atoms with Crippen molar-refractivity contribution in [3.63, 3.8) is 0 Å². The fraction of sp³-hybridized carbons (Fsp3) is 0.435. The maximum absolute atomic E-state index is 5.54. The third-order valence-corrected chi connectivity index (χ3v) is 4.99. The smallest absolute Gasteiger partial charge is 0.191 e. The van der Waals surface area contributed by atoms with E-state index >= 15 is 0 Å². The summed E-state index contributed by atoms with van der Waals surface area (Å²) in [7, 11) is 0. The Labute approximate surface area is 168 Å². The number of benzene rings is 2. The number of ether oxygens (including phenoxy) is 1. The van der Waals surface area contributed by atoms with Gasteiger partial charge in [-0.25, -0.2) is 0 Å². The molecule has 28 heavy (non-hydrogen) atoms. The van der Waals surface area contributed by atoms with Crippen molar-refractivity contribution in [3.05, 3.63) is 71.8 Å². The Balaban J connectivity index is 1.63. The summed E-state index contributed by atoms with van der Waals surface area (Å²) >= 11 is 0. The fourth-order valence-electron chi connectivity index (χ4n) is 3.49. The Morgan fingerprint density at radius 3 is 2.36 bits per heavy atom. The van der Waals surface area contributed by atoms with Crippen LogP contribution in [-0.2, 0) is 11.2 Å². The number of nitrogens with zero attached hydrogens (tertiary/aromatic N) is 2. The van der Waals surface area contributed by atoms with Crippen LogP contribution in [0.15, 0.2) is 65.7 Å². The van der Waals surface area contributed by atoms with Crippen LogP contribution in [0, 0.1) is 0 Å². The van der Waals surface area contributed by atoms with Crippen LogP contribution in [-0.4, -0.2) is 56.8 Å². The molecule has 0 spiro atoms. The fourth-order valence-corrected chi connectivity index (χ4v) is 3.49. The average Bonchev–Trinajstić information content (AvgIpc) is 2.76. The van der Waals surface area contributed by atoms with Crippen LogP contribution in [0.2, 0.25) is 0 Å². The van der Waals surface area contributed by atoms with Gasteiger partial charge >= 0.3 is 0 Å². The van der Waals surface area contributed by atoms with E-state index in [1.807, 2.05) is 0 Å². The third-order valence-electron chi connectivity index (χ3n) is 4.99. The van der Waals surface area contributed by atoms with Gasteiger partial charge in [0.2, 0.25) is 0 Å². The highest BCUT2D eigenvalue weighted by Gasteiger charge is 2.22. The van der Waals surface area contributed by atoms with Crippen molar-refractivity contribution in [1.82, 2.24) is 15.5 Å². The van der Waals surface area contributed by atoms with E-state index in [1.54, 1.807) is 0 Å². The maximum atomic E-state index is 5.54. The van der Waals surface area contributed by atoms with Crippen LogP contribution in [0.3, 0.4) is 0 Å². The zero-order valence-electron chi connectivity index (χ0n) is 16.8. The van der Waals surface area contributed by atoms with Gasteiger partial charge in [0.05, 0.1) is 25.8 Å². The van der Waals surface area contributed by atoms with E-state index in [1.165, 1.54) is 11.1 Å². The molecule has 3 rings (SSSR count). The third kappa shape index (κ3) is 6.36. The van der Waals surface area contributed by atoms with Crippen LogP contribution < -0.4 is 10.6 Å². The van der Waals surface area contributed by atoms with Gasteiger partial charge in [-0.3, -0.25) is 9.89 Å². The molecule has 1 saturated heterocycles. The topological polar surface area (TPSA) is 48.9 Å². The summed E-state index contributed by atoms with van der Waals surface area (Å²) in [5, 5.41) is 6.85. The van der Waals surface area contributed by atoms with Crippen molar-refractivity contribution in [2.75, 3.05) is 45.9 Å². The number of guanidine groups is 1. The first-order valence-electron chi connectivity index (χ1n) is 10.3. The second-order valence-electron chi connectivity index (χ2n) is 6.96. The van der Waals surface area contributed by atoms with Gasteiger partial charge in [-0.15, -0.1) is 0 Å². The number of hydrogen-bond acceptors (Lipinski definition) is 3. The maximum Gasteiger partial charge on any atom is 0.191 e. The summed E-state index contributed by atoms with van der Waals surface area (Å²) in [4.78, 5) is 7.39. The Hall–Kier alpha value is -2.37. The molecule has 0 bridgehead atoms. The van der Waals surface area contributed by atoms with Gasteiger partial charge in [-0.05, 0) is 24.5 Å². The quantitative estimate of drug-likeness (QED) is 0.546. The lowest BCUT2D eigenvalue weighted by molar-refractivity contribution is 0.0180. The highest BCUT2D eigenvalue weighted by atomic mass is 16.5. The van der Waals surface area contributed by atoms with Crippen molar-refractivity contribution in [2.24, 2.45) is 4.99 Å². The average molecular weight is 381 g/mol. The monoisotopic (exact) mass is 380 g/mol. The molecule has 1 aliphatic rings. The first-order valence-corrected chi connectivity index (χ1v) is 10.3. The van der Waals surface area contributed by atoms with Gasteiger partial charge < -0.3 is 15.4 Å². The Kier molecular flexibility index (Phi) is 8.34. The second-order valence-corrected chi connectivity index (χ2v) is 6.96. The minimum absolute atomic E-state index is 0.273. The molecular weight excluding hydrogens is 348 g/mol. The van der Waals surface area contributed by atoms with Crippen molar-refractivity contribution >= 4 is 5.96 Å². The molecule has 1 aliphatic heterocycles. The summed E-state index contributed by atoms with van der Waals surface area (Å²) in [5.74, 6) is 0.882. The Morgan fingerprint density at radius 1 is 1.00 bits per heavy atom. The SMILES string of the molecule is CCNC(=NCC(c1ccccc1)N1CCOCC1)NCCc1ccccc1. The van der Waals surface area contributed by atoms with Gasteiger partial charge in [0, 0.05) is 26.2 Å². The predicted molar refractivity (Wildman–Crippen MR) is 116 cm³/mol. The molecule has 2 N–H and O–H groups in total. The van der Waals surface area contributed by atoms with E-state index in [0.717, 1.165) is 58.3 Å². The van der Waals surface area contributed by atoms with Crippen molar-refractivity contribution in [3.8, 4) is 0 Å². The molecule has 1 unspecified atom stereocenters. The van der Waals surface area contributed by atoms with Crippen molar-refractivity contribution < 1.29 is 4.74 Å². The number of hydrogen-bond donors (Lipinski definition) is 2. The summed E-state index contributed by atoms with van der Waals surface area (Å²) < 4.78 is 5.54. The minimum Gasteiger partial charge on any atom is -0.379 e. The molecule has 0 saturated carbocycles. The van der Waals surface area contributed by atoms with Crippen molar-refractivity contribution in [1.29, 1.82) is 0 Å². The molecule has 150 valence electrons. The molecule has 5 heteroatoms. The first-order chi connectivity index (χ1) is 13.9. The number of rotatable bonds is 8.